The maximum Gasteiger partial charge on any atom is 0.335 e. The maximum absolute atomic E-state index is 14.5. The maximum atomic E-state index is 14.5. The third-order valence-corrected chi connectivity index (χ3v) is 9.50. The standard InChI is InChI=1S/C34H38O18/c1-13(36)47-10-22-26(39)28(41)29(42)33(49-22)52-34(12-35)30-27(40)23(51-34)11-48-31(43)17-6-15-8-21(46-3)19(38)9-16(15)24(25(17)32(44)50-30)14-4-5-18(37)20(7-14)45-2/h4-9,22-30,33,35,37-42H,10-12H2,1-3H3/t22-,23-,24-,25-,26-,27-,28+,29-,30+,33-,34+/m1/s1. The molecule has 52 heavy (non-hydrogen) atoms. The molecule has 2 bridgehead atoms. The minimum Gasteiger partial charge on any atom is -0.504 e. The Hall–Kier alpha value is -4.53. The molecule has 2 aromatic rings. The first-order valence-electron chi connectivity index (χ1n) is 16.1. The highest BCUT2D eigenvalue weighted by molar-refractivity contribution is 6.02. The first-order valence-corrected chi connectivity index (χ1v) is 16.1. The molecule has 6 rings (SSSR count). The highest BCUT2D eigenvalue weighted by atomic mass is 16.8. The van der Waals surface area contributed by atoms with Gasteiger partial charge in [-0.15, -0.1) is 0 Å². The lowest BCUT2D eigenvalue weighted by molar-refractivity contribution is -0.383. The van der Waals surface area contributed by atoms with Crippen LogP contribution in [0.2, 0.25) is 0 Å². The molecule has 282 valence electrons. The number of ether oxygens (including phenoxy) is 8. The van der Waals surface area contributed by atoms with Crippen molar-refractivity contribution >= 4 is 24.0 Å². The fourth-order valence-corrected chi connectivity index (χ4v) is 6.87. The number of methoxy groups -OCH3 is 2. The van der Waals surface area contributed by atoms with E-state index in [1.54, 1.807) is 0 Å². The summed E-state index contributed by atoms with van der Waals surface area (Å²) in [6.45, 7) is -1.29. The Kier molecular flexibility index (Phi) is 10.4. The molecule has 4 aliphatic rings. The second-order valence-electron chi connectivity index (χ2n) is 12.6. The molecule has 7 N–H and O–H groups in total. The largest absolute Gasteiger partial charge is 0.504 e. The quantitative estimate of drug-likeness (QED) is 0.121. The van der Waals surface area contributed by atoms with E-state index < -0.39 is 104 Å². The van der Waals surface area contributed by atoms with Crippen molar-refractivity contribution in [2.24, 2.45) is 5.92 Å². The number of phenolic OH excluding ortho intramolecular Hbond substituents is 2. The van der Waals surface area contributed by atoms with E-state index in [9.17, 15) is 50.1 Å². The summed E-state index contributed by atoms with van der Waals surface area (Å²) in [6, 6.07) is 6.98. The number of carbonyl (C=O) groups excluding carboxylic acids is 3. The van der Waals surface area contributed by atoms with Gasteiger partial charge in [-0.1, -0.05) is 6.07 Å². The Bertz CT molecular complexity index is 1740. The summed E-state index contributed by atoms with van der Waals surface area (Å²) in [6.07, 6.45) is -12.9. The molecule has 3 heterocycles. The number of carbonyl (C=O) groups is 3. The Morgan fingerprint density at radius 2 is 1.63 bits per heavy atom. The fourth-order valence-electron chi connectivity index (χ4n) is 6.87. The zero-order valence-corrected chi connectivity index (χ0v) is 28.0. The molecule has 18 nitrogen and oxygen atoms in total. The third-order valence-electron chi connectivity index (χ3n) is 9.50. The highest BCUT2D eigenvalue weighted by Crippen LogP contribution is 2.49. The molecule has 2 aromatic carbocycles. The summed E-state index contributed by atoms with van der Waals surface area (Å²) in [5, 5.41) is 75.0. The predicted molar refractivity (Wildman–Crippen MR) is 169 cm³/mol. The van der Waals surface area contributed by atoms with Crippen LogP contribution in [0.4, 0.5) is 0 Å². The van der Waals surface area contributed by atoms with Crippen molar-refractivity contribution in [3.63, 3.8) is 0 Å². The Balaban J connectivity index is 1.42. The van der Waals surface area contributed by atoms with Crippen molar-refractivity contribution in [3.8, 4) is 23.0 Å². The molecule has 0 saturated carbocycles. The number of hydrogen-bond acceptors (Lipinski definition) is 18. The van der Waals surface area contributed by atoms with Crippen LogP contribution in [0.25, 0.3) is 6.08 Å². The second-order valence-corrected chi connectivity index (χ2v) is 12.6. The third kappa shape index (κ3) is 6.52. The van der Waals surface area contributed by atoms with Gasteiger partial charge in [0.2, 0.25) is 5.79 Å². The number of fused-ring (bicyclic) bond motifs is 4. The number of aromatic hydroxyl groups is 2. The Labute approximate surface area is 295 Å². The van der Waals surface area contributed by atoms with Crippen LogP contribution < -0.4 is 9.47 Å². The lowest BCUT2D eigenvalue weighted by Crippen LogP contribution is -2.63. The van der Waals surface area contributed by atoms with Gasteiger partial charge in [0.05, 0.1) is 25.7 Å². The molecular weight excluding hydrogens is 696 g/mol. The van der Waals surface area contributed by atoms with Gasteiger partial charge in [0, 0.05) is 12.8 Å². The normalized spacial score (nSPS) is 34.2. The summed E-state index contributed by atoms with van der Waals surface area (Å²) in [5.41, 5.74) is 0.788. The van der Waals surface area contributed by atoms with Gasteiger partial charge in [-0.2, -0.15) is 0 Å². The van der Waals surface area contributed by atoms with Crippen LogP contribution in [-0.4, -0.2) is 142 Å². The average molecular weight is 735 g/mol. The molecule has 0 unspecified atom stereocenters. The van der Waals surface area contributed by atoms with Crippen molar-refractivity contribution in [3.05, 3.63) is 52.6 Å². The number of aliphatic hydroxyl groups excluding tert-OH is 5. The van der Waals surface area contributed by atoms with E-state index in [-0.39, 0.29) is 28.6 Å². The second kappa shape index (κ2) is 14.5. The molecular formula is C34H38O18. The minimum absolute atomic E-state index is 0.0178. The zero-order valence-electron chi connectivity index (χ0n) is 28.0. The topological polar surface area (TPSA) is 267 Å². The van der Waals surface area contributed by atoms with Crippen LogP contribution >= 0.6 is 0 Å². The fraction of sp³-hybridized carbons (Fsp3) is 0.500. The summed E-state index contributed by atoms with van der Waals surface area (Å²) in [4.78, 5) is 39.7. The van der Waals surface area contributed by atoms with Crippen LogP contribution in [0.15, 0.2) is 35.9 Å². The molecule has 3 saturated heterocycles. The smallest absolute Gasteiger partial charge is 0.335 e. The van der Waals surface area contributed by atoms with E-state index >= 15 is 0 Å². The minimum atomic E-state index is -2.53. The van der Waals surface area contributed by atoms with Gasteiger partial charge in [0.1, 0.15) is 56.4 Å². The molecule has 1 aliphatic carbocycles. The van der Waals surface area contributed by atoms with Gasteiger partial charge in [0.15, 0.2) is 35.4 Å². The molecule has 3 aliphatic heterocycles. The first kappa shape index (κ1) is 37.2. The number of esters is 3. The number of aliphatic hydroxyl groups is 5. The lowest BCUT2D eigenvalue weighted by Gasteiger charge is -2.44. The zero-order chi connectivity index (χ0) is 37.6. The summed E-state index contributed by atoms with van der Waals surface area (Å²) in [7, 11) is 2.64. The van der Waals surface area contributed by atoms with Crippen molar-refractivity contribution in [2.45, 2.75) is 67.6 Å². The van der Waals surface area contributed by atoms with E-state index in [0.29, 0.717) is 16.7 Å². The highest BCUT2D eigenvalue weighted by Gasteiger charge is 2.62. The summed E-state index contributed by atoms with van der Waals surface area (Å²) < 4.78 is 44.2. The molecule has 0 aromatic heterocycles. The lowest BCUT2D eigenvalue weighted by atomic mass is 9.71. The number of cyclic esters (lactones) is 1. The van der Waals surface area contributed by atoms with Crippen molar-refractivity contribution < 1.29 is 88.0 Å². The predicted octanol–water partition coefficient (Wildman–Crippen LogP) is -1.44. The van der Waals surface area contributed by atoms with E-state index in [1.165, 1.54) is 50.6 Å². The van der Waals surface area contributed by atoms with Gasteiger partial charge in [-0.3, -0.25) is 9.59 Å². The summed E-state index contributed by atoms with van der Waals surface area (Å²) in [5.74, 6) is -8.60. The van der Waals surface area contributed by atoms with Gasteiger partial charge in [-0.05, 0) is 47.0 Å². The van der Waals surface area contributed by atoms with Crippen LogP contribution in [0.3, 0.4) is 0 Å². The monoisotopic (exact) mass is 734 g/mol. The van der Waals surface area contributed by atoms with E-state index in [1.807, 2.05) is 0 Å². The van der Waals surface area contributed by atoms with Crippen molar-refractivity contribution in [2.75, 3.05) is 34.0 Å². The molecule has 0 amide bonds. The van der Waals surface area contributed by atoms with E-state index in [2.05, 4.69) is 0 Å². The van der Waals surface area contributed by atoms with Crippen LogP contribution in [0, 0.1) is 5.92 Å². The SMILES string of the molecule is COc1cc([C@@H]2c3cc(O)c(OC)cc3C=C3C(=O)OC[C@H]4O[C@@](CO)(O[C@H]5O[C@H](COC(C)=O)[C@@H](O)[C@H](O)[C@H]5O)[C@@H](OC(=O)[C@H]32)[C@@H]4O)ccc1O. The molecule has 0 radical (unpaired) electrons. The number of phenols is 2. The van der Waals surface area contributed by atoms with Crippen molar-refractivity contribution in [1.29, 1.82) is 0 Å². The van der Waals surface area contributed by atoms with Gasteiger partial charge in [-0.25, -0.2) is 4.79 Å². The van der Waals surface area contributed by atoms with Gasteiger partial charge in [0.25, 0.3) is 0 Å². The van der Waals surface area contributed by atoms with Crippen LogP contribution in [0.1, 0.15) is 29.5 Å². The van der Waals surface area contributed by atoms with E-state index in [0.717, 1.165) is 6.92 Å². The van der Waals surface area contributed by atoms with Crippen molar-refractivity contribution in [1.82, 2.24) is 0 Å². The molecule has 18 heteroatoms. The average Bonchev–Trinajstić information content (AvgIpc) is 3.37. The molecule has 0 spiro atoms. The number of rotatable bonds is 8. The number of benzene rings is 2. The Morgan fingerprint density at radius 3 is 2.31 bits per heavy atom. The molecule has 11 atom stereocenters. The van der Waals surface area contributed by atoms with Crippen LogP contribution in [-0.2, 0) is 42.8 Å². The molecule has 3 fully saturated rings. The van der Waals surface area contributed by atoms with Crippen LogP contribution in [0.5, 0.6) is 23.0 Å². The number of hydrogen-bond donors (Lipinski definition) is 7. The summed E-state index contributed by atoms with van der Waals surface area (Å²) >= 11 is 0. The van der Waals surface area contributed by atoms with E-state index in [4.69, 9.17) is 37.9 Å². The Morgan fingerprint density at radius 1 is 0.923 bits per heavy atom. The van der Waals surface area contributed by atoms with Gasteiger partial charge >= 0.3 is 17.9 Å². The first-order chi connectivity index (χ1) is 24.7. The van der Waals surface area contributed by atoms with Gasteiger partial charge < -0.3 is 73.6 Å².